The number of nitrogens with zero attached hydrogens (tertiary/aromatic N) is 6. The molecule has 168 valence electrons. The molecule has 0 saturated heterocycles. The Balaban J connectivity index is 1.63. The Morgan fingerprint density at radius 2 is 1.14 bits per heavy atom. The molecule has 0 atom stereocenters. The number of hydrogen-bond acceptors (Lipinski definition) is 4. The topological polar surface area (TPSA) is 61.4 Å². The van der Waals surface area contributed by atoms with Gasteiger partial charge in [0.05, 0.1) is 12.2 Å². The van der Waals surface area contributed by atoms with Crippen LogP contribution in [-0.2, 0) is 6.54 Å². The highest BCUT2D eigenvalue weighted by Crippen LogP contribution is 2.37. The quantitative estimate of drug-likeness (QED) is 0.314. The van der Waals surface area contributed by atoms with Crippen LogP contribution < -0.4 is 0 Å². The van der Waals surface area contributed by atoms with Gasteiger partial charge in [0.2, 0.25) is 5.82 Å². The van der Waals surface area contributed by atoms with Gasteiger partial charge in [0.1, 0.15) is 11.5 Å². The summed E-state index contributed by atoms with van der Waals surface area (Å²) in [5.74, 6) is 1.46. The van der Waals surface area contributed by atoms with E-state index in [4.69, 9.17) is 4.98 Å². The fourth-order valence-corrected chi connectivity index (χ4v) is 4.28. The summed E-state index contributed by atoms with van der Waals surface area (Å²) in [4.78, 5) is 5.18. The van der Waals surface area contributed by atoms with E-state index in [0.717, 1.165) is 39.6 Å². The van der Waals surface area contributed by atoms with Gasteiger partial charge < -0.3 is 0 Å². The van der Waals surface area contributed by atoms with Crippen LogP contribution in [0.4, 0.5) is 0 Å². The van der Waals surface area contributed by atoms with Crippen molar-refractivity contribution in [3.63, 3.8) is 0 Å². The predicted octanol–water partition coefficient (Wildman–Crippen LogP) is 5.91. The molecule has 0 N–H and O–H groups in total. The summed E-state index contributed by atoms with van der Waals surface area (Å²) in [6, 6.07) is 41.0. The zero-order valence-corrected chi connectivity index (χ0v) is 18.9. The van der Waals surface area contributed by atoms with Gasteiger partial charge >= 0.3 is 0 Å². The Bertz CT molecular complexity index is 1540. The van der Waals surface area contributed by atoms with Crippen molar-refractivity contribution < 1.29 is 0 Å². The highest BCUT2D eigenvalue weighted by molar-refractivity contribution is 5.81. The normalized spacial score (nSPS) is 11.0. The molecule has 6 rings (SSSR count). The number of hydrogen-bond donors (Lipinski definition) is 0. The standard InChI is InChI=1S/C29H22N6/c1-5-13-22(14-6-1)21-34-29(31-32-33-34)26-27(23-15-7-2-8-16-23)35(25-19-11-4-12-20-25)28(30-26)24-17-9-3-10-18-24/h1-20H,21H2. The van der Waals surface area contributed by atoms with E-state index < -0.39 is 0 Å². The lowest BCUT2D eigenvalue weighted by Gasteiger charge is -2.13. The minimum atomic E-state index is 0.552. The van der Waals surface area contributed by atoms with Crippen molar-refractivity contribution in [3.8, 4) is 39.9 Å². The summed E-state index contributed by atoms with van der Waals surface area (Å²) in [7, 11) is 0. The van der Waals surface area contributed by atoms with Gasteiger partial charge in [0, 0.05) is 16.8 Å². The van der Waals surface area contributed by atoms with E-state index in [1.54, 1.807) is 0 Å². The van der Waals surface area contributed by atoms with E-state index >= 15 is 0 Å². The molecule has 2 heterocycles. The molecule has 35 heavy (non-hydrogen) atoms. The van der Waals surface area contributed by atoms with Crippen molar-refractivity contribution in [3.05, 3.63) is 127 Å². The summed E-state index contributed by atoms with van der Waals surface area (Å²) < 4.78 is 4.01. The highest BCUT2D eigenvalue weighted by atomic mass is 15.5. The zero-order chi connectivity index (χ0) is 23.5. The third-order valence-electron chi connectivity index (χ3n) is 5.89. The lowest BCUT2D eigenvalue weighted by Crippen LogP contribution is -2.05. The molecule has 6 nitrogen and oxygen atoms in total. The molecular weight excluding hydrogens is 432 g/mol. The smallest absolute Gasteiger partial charge is 0.203 e. The lowest BCUT2D eigenvalue weighted by atomic mass is 10.1. The van der Waals surface area contributed by atoms with Gasteiger partial charge in [-0.05, 0) is 28.1 Å². The molecular formula is C29H22N6. The SMILES string of the molecule is c1ccc(Cn2nnnc2-c2nc(-c3ccccc3)n(-c3ccccc3)c2-c2ccccc2)cc1. The van der Waals surface area contributed by atoms with Gasteiger partial charge in [-0.15, -0.1) is 5.10 Å². The number of para-hydroxylation sites is 1. The molecule has 0 spiro atoms. The third-order valence-corrected chi connectivity index (χ3v) is 5.89. The minimum Gasteiger partial charge on any atom is -0.292 e. The third kappa shape index (κ3) is 4.02. The van der Waals surface area contributed by atoms with Crippen molar-refractivity contribution in [1.29, 1.82) is 0 Å². The molecule has 0 aliphatic rings. The van der Waals surface area contributed by atoms with Gasteiger partial charge in [-0.2, -0.15) is 0 Å². The molecule has 0 saturated carbocycles. The number of benzene rings is 4. The molecule has 0 unspecified atom stereocenters. The van der Waals surface area contributed by atoms with Crippen molar-refractivity contribution in [2.75, 3.05) is 0 Å². The average molecular weight is 455 g/mol. The summed E-state index contributed by atoms with van der Waals surface area (Å²) in [5, 5.41) is 12.8. The Morgan fingerprint density at radius 1 is 0.571 bits per heavy atom. The molecule has 0 radical (unpaired) electrons. The van der Waals surface area contributed by atoms with Crippen LogP contribution in [0.25, 0.3) is 39.9 Å². The van der Waals surface area contributed by atoms with Crippen LogP contribution in [-0.4, -0.2) is 29.8 Å². The van der Waals surface area contributed by atoms with Gasteiger partial charge in [0.25, 0.3) is 0 Å². The van der Waals surface area contributed by atoms with E-state index in [0.29, 0.717) is 12.4 Å². The molecule has 0 bridgehead atoms. The molecule has 0 aliphatic heterocycles. The Kier molecular flexibility index (Phi) is 5.45. The van der Waals surface area contributed by atoms with E-state index in [1.807, 2.05) is 77.5 Å². The van der Waals surface area contributed by atoms with E-state index in [2.05, 4.69) is 68.6 Å². The fraction of sp³-hybridized carbons (Fsp3) is 0.0345. The van der Waals surface area contributed by atoms with Crippen LogP contribution in [0.2, 0.25) is 0 Å². The fourth-order valence-electron chi connectivity index (χ4n) is 4.28. The van der Waals surface area contributed by atoms with Crippen molar-refractivity contribution in [2.24, 2.45) is 0 Å². The first-order valence-electron chi connectivity index (χ1n) is 11.5. The average Bonchev–Trinajstić information content (AvgIpc) is 3.55. The zero-order valence-electron chi connectivity index (χ0n) is 18.9. The van der Waals surface area contributed by atoms with E-state index in [9.17, 15) is 0 Å². The van der Waals surface area contributed by atoms with E-state index in [1.165, 1.54) is 0 Å². The Labute approximate surface area is 203 Å². The van der Waals surface area contributed by atoms with Crippen LogP contribution in [0, 0.1) is 0 Å². The second-order valence-corrected chi connectivity index (χ2v) is 8.18. The maximum Gasteiger partial charge on any atom is 0.203 e. The summed E-state index contributed by atoms with van der Waals surface area (Å²) in [6.45, 7) is 0.552. The molecule has 0 fully saturated rings. The summed E-state index contributed by atoms with van der Waals surface area (Å²) in [5.41, 5.74) is 5.87. The summed E-state index contributed by atoms with van der Waals surface area (Å²) in [6.07, 6.45) is 0. The van der Waals surface area contributed by atoms with Crippen LogP contribution >= 0.6 is 0 Å². The molecule has 0 amide bonds. The molecule has 6 heteroatoms. The predicted molar refractivity (Wildman–Crippen MR) is 137 cm³/mol. The molecule has 6 aromatic rings. The largest absolute Gasteiger partial charge is 0.292 e. The van der Waals surface area contributed by atoms with Gasteiger partial charge in [-0.1, -0.05) is 109 Å². The first kappa shape index (κ1) is 20.7. The minimum absolute atomic E-state index is 0.552. The maximum atomic E-state index is 5.18. The van der Waals surface area contributed by atoms with Crippen LogP contribution in [0.3, 0.4) is 0 Å². The number of rotatable bonds is 6. The second kappa shape index (κ2) is 9.19. The number of aromatic nitrogens is 6. The Morgan fingerprint density at radius 3 is 1.80 bits per heavy atom. The molecule has 0 aliphatic carbocycles. The van der Waals surface area contributed by atoms with Crippen molar-refractivity contribution in [1.82, 2.24) is 29.8 Å². The maximum absolute atomic E-state index is 5.18. The molecule has 2 aromatic heterocycles. The van der Waals surface area contributed by atoms with Crippen molar-refractivity contribution in [2.45, 2.75) is 6.54 Å². The monoisotopic (exact) mass is 454 g/mol. The van der Waals surface area contributed by atoms with Crippen LogP contribution in [0.15, 0.2) is 121 Å². The van der Waals surface area contributed by atoms with Gasteiger partial charge in [-0.3, -0.25) is 4.57 Å². The van der Waals surface area contributed by atoms with Crippen molar-refractivity contribution >= 4 is 0 Å². The second-order valence-electron chi connectivity index (χ2n) is 8.18. The highest BCUT2D eigenvalue weighted by Gasteiger charge is 2.25. The number of tetrazole rings is 1. The van der Waals surface area contributed by atoms with Gasteiger partial charge in [-0.25, -0.2) is 9.67 Å². The van der Waals surface area contributed by atoms with Crippen LogP contribution in [0.5, 0.6) is 0 Å². The molecule has 4 aromatic carbocycles. The van der Waals surface area contributed by atoms with E-state index in [-0.39, 0.29) is 0 Å². The first-order valence-corrected chi connectivity index (χ1v) is 11.5. The summed E-state index contributed by atoms with van der Waals surface area (Å²) >= 11 is 0. The first-order chi connectivity index (χ1) is 17.4. The number of imidazole rings is 1. The van der Waals surface area contributed by atoms with Crippen LogP contribution in [0.1, 0.15) is 5.56 Å². The van der Waals surface area contributed by atoms with Gasteiger partial charge in [0.15, 0.2) is 0 Å². The lowest BCUT2D eigenvalue weighted by molar-refractivity contribution is 0.652. The Hall–Kier alpha value is -4.84.